The van der Waals surface area contributed by atoms with Gasteiger partial charge in [0.05, 0.1) is 24.3 Å². The van der Waals surface area contributed by atoms with Crippen molar-refractivity contribution in [1.82, 2.24) is 0 Å². The highest BCUT2D eigenvalue weighted by atomic mass is 16.5. The van der Waals surface area contributed by atoms with Crippen LogP contribution in [-0.2, 0) is 0 Å². The minimum Gasteiger partial charge on any atom is -0.493 e. The fourth-order valence-electron chi connectivity index (χ4n) is 2.82. The lowest BCUT2D eigenvalue weighted by Gasteiger charge is -2.17. The summed E-state index contributed by atoms with van der Waals surface area (Å²) in [5.41, 5.74) is 1.52. The van der Waals surface area contributed by atoms with Crippen LogP contribution in [0.5, 0.6) is 11.5 Å². The molecular weight excluding hydrogens is 368 g/mol. The smallest absolute Gasteiger partial charge is 0.339 e. The van der Waals surface area contributed by atoms with Gasteiger partial charge in [-0.15, -0.1) is 0 Å². The summed E-state index contributed by atoms with van der Waals surface area (Å²) < 4.78 is 11.6. The van der Waals surface area contributed by atoms with Crippen molar-refractivity contribution in [2.75, 3.05) is 13.2 Å². The summed E-state index contributed by atoms with van der Waals surface area (Å²) in [6, 6.07) is 12.1. The van der Waals surface area contributed by atoms with Gasteiger partial charge in [-0.05, 0) is 31.0 Å². The highest BCUT2D eigenvalue weighted by Crippen LogP contribution is 2.39. The van der Waals surface area contributed by atoms with Crippen molar-refractivity contribution < 1.29 is 19.4 Å². The lowest BCUT2D eigenvalue weighted by Crippen LogP contribution is -2.07. The molecule has 0 saturated heterocycles. The standard InChI is InChI=1S/C23H24N2O4/c1-3-5-10-28-21-13-19(23(26)27)22(29-11-6-4-2)12-18(21)17-9-7-8-16(14-24)20(17)15-25/h7-9,12-13H,3-6,10-11H2,1-2H3,(H,26,27). The van der Waals surface area contributed by atoms with Gasteiger partial charge in [0.1, 0.15) is 29.2 Å². The van der Waals surface area contributed by atoms with E-state index in [0.717, 1.165) is 25.7 Å². The molecule has 6 heteroatoms. The molecule has 0 radical (unpaired) electrons. The maximum atomic E-state index is 11.8. The molecule has 2 aromatic carbocycles. The van der Waals surface area contributed by atoms with E-state index in [4.69, 9.17) is 9.47 Å². The first-order chi connectivity index (χ1) is 14.1. The average molecular weight is 392 g/mol. The van der Waals surface area contributed by atoms with Crippen molar-refractivity contribution in [2.45, 2.75) is 39.5 Å². The van der Waals surface area contributed by atoms with E-state index in [0.29, 0.717) is 30.1 Å². The van der Waals surface area contributed by atoms with Crippen molar-refractivity contribution in [3.05, 3.63) is 47.0 Å². The number of unbranched alkanes of at least 4 members (excludes halogenated alkanes) is 2. The van der Waals surface area contributed by atoms with E-state index in [1.165, 1.54) is 6.07 Å². The van der Waals surface area contributed by atoms with Crippen molar-refractivity contribution in [2.24, 2.45) is 0 Å². The van der Waals surface area contributed by atoms with Gasteiger partial charge in [-0.2, -0.15) is 10.5 Å². The molecule has 0 aromatic heterocycles. The van der Waals surface area contributed by atoms with Crippen LogP contribution in [0.3, 0.4) is 0 Å². The van der Waals surface area contributed by atoms with Crippen LogP contribution < -0.4 is 9.47 Å². The second-order valence-electron chi connectivity index (χ2n) is 6.51. The zero-order valence-electron chi connectivity index (χ0n) is 16.7. The normalized spacial score (nSPS) is 10.1. The minimum absolute atomic E-state index is 0.00583. The maximum Gasteiger partial charge on any atom is 0.339 e. The molecule has 150 valence electrons. The Morgan fingerprint density at radius 2 is 1.62 bits per heavy atom. The number of carboxylic acids is 1. The fourth-order valence-corrected chi connectivity index (χ4v) is 2.82. The Balaban J connectivity index is 2.67. The van der Waals surface area contributed by atoms with Crippen LogP contribution in [0.25, 0.3) is 11.1 Å². The summed E-state index contributed by atoms with van der Waals surface area (Å²) >= 11 is 0. The molecule has 0 fully saturated rings. The lowest BCUT2D eigenvalue weighted by molar-refractivity contribution is 0.0691. The number of aromatic carboxylic acids is 1. The van der Waals surface area contributed by atoms with Crippen LogP contribution in [0.4, 0.5) is 0 Å². The number of carbonyl (C=O) groups is 1. The molecule has 0 aliphatic carbocycles. The van der Waals surface area contributed by atoms with E-state index in [-0.39, 0.29) is 22.4 Å². The number of benzene rings is 2. The van der Waals surface area contributed by atoms with Gasteiger partial charge in [-0.25, -0.2) is 4.79 Å². The molecule has 2 rings (SSSR count). The molecule has 29 heavy (non-hydrogen) atoms. The highest BCUT2D eigenvalue weighted by molar-refractivity contribution is 5.94. The van der Waals surface area contributed by atoms with Gasteiger partial charge >= 0.3 is 5.97 Å². The topological polar surface area (TPSA) is 103 Å². The van der Waals surface area contributed by atoms with Crippen LogP contribution in [-0.4, -0.2) is 24.3 Å². The average Bonchev–Trinajstić information content (AvgIpc) is 2.73. The number of carboxylic acid groups (broad SMARTS) is 1. The number of ether oxygens (including phenoxy) is 2. The minimum atomic E-state index is -1.12. The fraction of sp³-hybridized carbons (Fsp3) is 0.348. The SMILES string of the molecule is CCCCOc1cc(-c2cccc(C#N)c2C#N)c(OCCCC)cc1C(=O)O. The highest BCUT2D eigenvalue weighted by Gasteiger charge is 2.21. The van der Waals surface area contributed by atoms with E-state index in [2.05, 4.69) is 6.07 Å². The first-order valence-electron chi connectivity index (χ1n) is 9.67. The third-order valence-corrected chi connectivity index (χ3v) is 4.41. The molecule has 1 N–H and O–H groups in total. The van der Waals surface area contributed by atoms with Crippen LogP contribution in [0, 0.1) is 22.7 Å². The van der Waals surface area contributed by atoms with Gasteiger partial charge in [0, 0.05) is 11.1 Å². The molecule has 0 bridgehead atoms. The monoisotopic (exact) mass is 392 g/mol. The van der Waals surface area contributed by atoms with Crippen LogP contribution >= 0.6 is 0 Å². The Bertz CT molecular complexity index is 955. The van der Waals surface area contributed by atoms with Gasteiger partial charge in [-0.3, -0.25) is 0 Å². The predicted octanol–water partition coefficient (Wildman–Crippen LogP) is 5.15. The van der Waals surface area contributed by atoms with Gasteiger partial charge < -0.3 is 14.6 Å². The van der Waals surface area contributed by atoms with Crippen LogP contribution in [0.15, 0.2) is 30.3 Å². The number of nitrogens with zero attached hydrogens (tertiary/aromatic N) is 2. The number of hydrogen-bond acceptors (Lipinski definition) is 5. The van der Waals surface area contributed by atoms with Crippen LogP contribution in [0.2, 0.25) is 0 Å². The van der Waals surface area contributed by atoms with E-state index < -0.39 is 5.97 Å². The molecule has 0 aliphatic heterocycles. The molecule has 0 saturated carbocycles. The molecule has 0 amide bonds. The molecular formula is C23H24N2O4. The zero-order valence-corrected chi connectivity index (χ0v) is 16.7. The quantitative estimate of drug-likeness (QED) is 0.561. The number of hydrogen-bond donors (Lipinski definition) is 1. The maximum absolute atomic E-state index is 11.8. The van der Waals surface area contributed by atoms with Crippen molar-refractivity contribution in [3.8, 4) is 34.8 Å². The molecule has 0 aliphatic rings. The third kappa shape index (κ3) is 5.27. The molecule has 0 unspecified atom stereocenters. The Morgan fingerprint density at radius 3 is 2.17 bits per heavy atom. The zero-order chi connectivity index (χ0) is 21.2. The molecule has 2 aromatic rings. The van der Waals surface area contributed by atoms with E-state index in [1.807, 2.05) is 19.9 Å². The van der Waals surface area contributed by atoms with Crippen molar-refractivity contribution in [3.63, 3.8) is 0 Å². The van der Waals surface area contributed by atoms with Gasteiger partial charge in [0.2, 0.25) is 0 Å². The molecule has 0 atom stereocenters. The molecule has 6 nitrogen and oxygen atoms in total. The summed E-state index contributed by atoms with van der Waals surface area (Å²) in [6.07, 6.45) is 3.43. The van der Waals surface area contributed by atoms with Gasteiger partial charge in [0.15, 0.2) is 0 Å². The Hall–Kier alpha value is -3.51. The predicted molar refractivity (Wildman–Crippen MR) is 109 cm³/mol. The van der Waals surface area contributed by atoms with Gasteiger partial charge in [0.25, 0.3) is 0 Å². The number of rotatable bonds is 10. The van der Waals surface area contributed by atoms with Crippen molar-refractivity contribution in [1.29, 1.82) is 10.5 Å². The summed E-state index contributed by atoms with van der Waals surface area (Å²) in [5.74, 6) is -0.546. The van der Waals surface area contributed by atoms with Crippen LogP contribution in [0.1, 0.15) is 61.0 Å². The Kier molecular flexibility index (Phi) is 8.06. The Labute approximate surface area is 170 Å². The lowest BCUT2D eigenvalue weighted by atomic mass is 9.94. The Morgan fingerprint density at radius 1 is 0.966 bits per heavy atom. The first kappa shape index (κ1) is 21.8. The summed E-state index contributed by atoms with van der Waals surface area (Å²) in [6.45, 7) is 4.85. The van der Waals surface area contributed by atoms with Crippen molar-refractivity contribution >= 4 is 5.97 Å². The second-order valence-corrected chi connectivity index (χ2v) is 6.51. The third-order valence-electron chi connectivity index (χ3n) is 4.41. The molecule has 0 heterocycles. The first-order valence-corrected chi connectivity index (χ1v) is 9.67. The second kappa shape index (κ2) is 10.7. The van der Waals surface area contributed by atoms with E-state index >= 15 is 0 Å². The number of nitriles is 2. The molecule has 0 spiro atoms. The van der Waals surface area contributed by atoms with E-state index in [1.54, 1.807) is 24.3 Å². The summed E-state index contributed by atoms with van der Waals surface area (Å²) in [4.78, 5) is 11.8. The summed E-state index contributed by atoms with van der Waals surface area (Å²) in [7, 11) is 0. The largest absolute Gasteiger partial charge is 0.493 e. The van der Waals surface area contributed by atoms with E-state index in [9.17, 15) is 20.4 Å². The van der Waals surface area contributed by atoms with Gasteiger partial charge in [-0.1, -0.05) is 38.8 Å². The summed E-state index contributed by atoms with van der Waals surface area (Å²) in [5, 5.41) is 28.6.